The van der Waals surface area contributed by atoms with Crippen molar-refractivity contribution >= 4 is 28.6 Å². The molecule has 0 bridgehead atoms. The molecule has 2 aromatic heterocycles. The van der Waals surface area contributed by atoms with Gasteiger partial charge in [0.2, 0.25) is 0 Å². The normalized spacial score (nSPS) is 15.8. The van der Waals surface area contributed by atoms with E-state index in [4.69, 9.17) is 10.7 Å². The second kappa shape index (κ2) is 10.9. The van der Waals surface area contributed by atoms with Crippen molar-refractivity contribution in [1.82, 2.24) is 25.4 Å². The van der Waals surface area contributed by atoms with Crippen molar-refractivity contribution in [2.45, 2.75) is 40.3 Å². The van der Waals surface area contributed by atoms with E-state index in [2.05, 4.69) is 26.8 Å². The van der Waals surface area contributed by atoms with Crippen molar-refractivity contribution in [3.63, 3.8) is 0 Å². The van der Waals surface area contributed by atoms with E-state index < -0.39 is 5.92 Å². The number of nitrogens with two attached hydrogens (primary N) is 1. The predicted molar refractivity (Wildman–Crippen MR) is 142 cm³/mol. The lowest BCUT2D eigenvalue weighted by atomic mass is 9.95. The maximum Gasteiger partial charge on any atom is 0.254 e. The molecule has 0 spiro atoms. The Kier molecular flexibility index (Phi) is 7.71. The highest BCUT2D eigenvalue weighted by atomic mass is 16.2. The summed E-state index contributed by atoms with van der Waals surface area (Å²) in [6.07, 6.45) is 3.56. The van der Waals surface area contributed by atoms with Gasteiger partial charge in [-0.2, -0.15) is 5.10 Å². The zero-order valence-corrected chi connectivity index (χ0v) is 21.2. The van der Waals surface area contributed by atoms with Crippen LogP contribution in [0.4, 0.5) is 0 Å². The lowest BCUT2D eigenvalue weighted by Crippen LogP contribution is -2.34. The van der Waals surface area contributed by atoms with Gasteiger partial charge in [0.15, 0.2) is 5.65 Å². The number of hydrogen-bond acceptors (Lipinski definition) is 6. The summed E-state index contributed by atoms with van der Waals surface area (Å²) >= 11 is 0. The molecule has 3 aromatic rings. The van der Waals surface area contributed by atoms with E-state index in [1.54, 1.807) is 19.2 Å². The Labute approximate surface area is 210 Å². The van der Waals surface area contributed by atoms with Crippen molar-refractivity contribution in [3.05, 3.63) is 59.3 Å². The first-order valence-corrected chi connectivity index (χ1v) is 12.2. The molecule has 188 valence electrons. The quantitative estimate of drug-likeness (QED) is 0.398. The molecular formula is C27H33N7O2. The van der Waals surface area contributed by atoms with Crippen LogP contribution in [-0.4, -0.2) is 51.9 Å². The second-order valence-corrected chi connectivity index (χ2v) is 9.38. The molecule has 0 saturated carbocycles. The van der Waals surface area contributed by atoms with Crippen molar-refractivity contribution in [1.29, 1.82) is 0 Å². The third kappa shape index (κ3) is 5.42. The molecule has 0 aliphatic carbocycles. The number of amides is 2. The second-order valence-electron chi connectivity index (χ2n) is 9.38. The summed E-state index contributed by atoms with van der Waals surface area (Å²) in [5.41, 5.74) is 11.0. The smallest absolute Gasteiger partial charge is 0.254 e. The zero-order chi connectivity index (χ0) is 25.8. The molecule has 1 unspecified atom stereocenters. The number of aromatic nitrogens is 3. The number of hydrogen-bond donors (Lipinski definition) is 3. The van der Waals surface area contributed by atoms with Gasteiger partial charge < -0.3 is 16.4 Å². The minimum atomic E-state index is -0.467. The molecule has 1 atom stereocenters. The maximum absolute atomic E-state index is 13.4. The van der Waals surface area contributed by atoms with Gasteiger partial charge in [-0.3, -0.25) is 9.59 Å². The molecule has 9 heteroatoms. The lowest BCUT2D eigenvalue weighted by Gasteiger charge is -2.19. The Balaban J connectivity index is 1.68. The number of aliphatic imine (C=N–C) groups is 1. The van der Waals surface area contributed by atoms with Crippen LogP contribution >= 0.6 is 0 Å². The average molecular weight is 488 g/mol. The number of allylic oxidation sites excluding steroid dienone is 1. The van der Waals surface area contributed by atoms with Crippen LogP contribution in [0.1, 0.15) is 49.7 Å². The summed E-state index contributed by atoms with van der Waals surface area (Å²) in [5.74, 6) is -0.980. The number of nitrogens with zero attached hydrogens (tertiary/aromatic N) is 4. The number of carbonyl (C=O) groups excluding carboxylic acids is 2. The van der Waals surface area contributed by atoms with E-state index in [0.29, 0.717) is 41.1 Å². The molecule has 0 fully saturated rings. The van der Waals surface area contributed by atoms with Crippen LogP contribution in [0.25, 0.3) is 22.3 Å². The van der Waals surface area contributed by atoms with Crippen LogP contribution in [0.3, 0.4) is 0 Å². The van der Waals surface area contributed by atoms with Gasteiger partial charge >= 0.3 is 0 Å². The highest BCUT2D eigenvalue weighted by molar-refractivity contribution is 6.08. The summed E-state index contributed by atoms with van der Waals surface area (Å²) in [6, 6.07) is 9.93. The summed E-state index contributed by atoms with van der Waals surface area (Å²) in [7, 11) is 0. The number of dihydropyridines is 1. The van der Waals surface area contributed by atoms with Gasteiger partial charge in [-0.1, -0.05) is 23.8 Å². The van der Waals surface area contributed by atoms with Gasteiger partial charge in [0.1, 0.15) is 0 Å². The minimum Gasteiger partial charge on any atom is -0.351 e. The van der Waals surface area contributed by atoms with Gasteiger partial charge in [0.05, 0.1) is 28.8 Å². The van der Waals surface area contributed by atoms with Gasteiger partial charge in [-0.15, -0.1) is 0 Å². The predicted octanol–water partition coefficient (Wildman–Crippen LogP) is 3.02. The fraction of sp³-hybridized carbons (Fsp3) is 0.370. The van der Waals surface area contributed by atoms with E-state index in [-0.39, 0.29) is 24.4 Å². The highest BCUT2D eigenvalue weighted by Crippen LogP contribution is 2.27. The number of nitrogens with one attached hydrogen (secondary N) is 2. The SMILES string of the molecule is CC1=CC(C)=NC(=O)C1CNC(=O)c1cc(-c2cccc(CNCCN)c2)nc2c1cnn2C(C)C. The van der Waals surface area contributed by atoms with Crippen molar-refractivity contribution < 1.29 is 9.59 Å². The number of carbonyl (C=O) groups is 2. The van der Waals surface area contributed by atoms with Crippen LogP contribution < -0.4 is 16.4 Å². The number of pyridine rings is 1. The Morgan fingerprint density at radius 3 is 2.75 bits per heavy atom. The van der Waals surface area contributed by atoms with Crippen LogP contribution in [0.2, 0.25) is 0 Å². The van der Waals surface area contributed by atoms with Crippen molar-refractivity contribution in [3.8, 4) is 11.3 Å². The first-order chi connectivity index (χ1) is 17.3. The van der Waals surface area contributed by atoms with Crippen molar-refractivity contribution in [2.24, 2.45) is 16.6 Å². The van der Waals surface area contributed by atoms with Crippen molar-refractivity contribution in [2.75, 3.05) is 19.6 Å². The average Bonchev–Trinajstić information content (AvgIpc) is 3.27. The zero-order valence-electron chi connectivity index (χ0n) is 21.2. The van der Waals surface area contributed by atoms with E-state index in [0.717, 1.165) is 23.2 Å². The molecule has 3 heterocycles. The van der Waals surface area contributed by atoms with E-state index >= 15 is 0 Å². The maximum atomic E-state index is 13.4. The van der Waals surface area contributed by atoms with E-state index in [1.165, 1.54) is 0 Å². The van der Waals surface area contributed by atoms with Crippen LogP contribution in [0, 0.1) is 5.92 Å². The topological polar surface area (TPSA) is 127 Å². The Bertz CT molecular complexity index is 1350. The summed E-state index contributed by atoms with van der Waals surface area (Å²) in [5, 5.41) is 11.4. The summed E-state index contributed by atoms with van der Waals surface area (Å²) in [6.45, 7) is 9.90. The molecule has 36 heavy (non-hydrogen) atoms. The first kappa shape index (κ1) is 25.4. The van der Waals surface area contributed by atoms with E-state index in [1.807, 2.05) is 49.7 Å². The van der Waals surface area contributed by atoms with Crippen LogP contribution in [0.15, 0.2) is 53.2 Å². The highest BCUT2D eigenvalue weighted by Gasteiger charge is 2.25. The third-order valence-electron chi connectivity index (χ3n) is 6.21. The van der Waals surface area contributed by atoms with Gasteiger partial charge in [-0.05, 0) is 51.5 Å². The number of fused-ring (bicyclic) bond motifs is 1. The molecule has 2 amide bonds. The first-order valence-electron chi connectivity index (χ1n) is 12.2. The number of benzene rings is 1. The Morgan fingerprint density at radius 2 is 2.03 bits per heavy atom. The van der Waals surface area contributed by atoms with Crippen LogP contribution in [0.5, 0.6) is 0 Å². The van der Waals surface area contributed by atoms with Gasteiger partial charge in [-0.25, -0.2) is 14.7 Å². The molecule has 0 saturated heterocycles. The van der Waals surface area contributed by atoms with E-state index in [9.17, 15) is 9.59 Å². The molecule has 4 rings (SSSR count). The molecule has 0 radical (unpaired) electrons. The molecule has 1 aromatic carbocycles. The molecule has 4 N–H and O–H groups in total. The summed E-state index contributed by atoms with van der Waals surface area (Å²) < 4.78 is 1.82. The van der Waals surface area contributed by atoms with Gasteiger partial charge in [0.25, 0.3) is 11.8 Å². The third-order valence-corrected chi connectivity index (χ3v) is 6.21. The Hall–Kier alpha value is -3.69. The van der Waals surface area contributed by atoms with Crippen LogP contribution in [-0.2, 0) is 11.3 Å². The summed E-state index contributed by atoms with van der Waals surface area (Å²) in [4.78, 5) is 34.8. The lowest BCUT2D eigenvalue weighted by molar-refractivity contribution is -0.120. The minimum absolute atomic E-state index is 0.0710. The largest absolute Gasteiger partial charge is 0.351 e. The Morgan fingerprint density at radius 1 is 1.22 bits per heavy atom. The molecule has 1 aliphatic rings. The van der Waals surface area contributed by atoms with Gasteiger partial charge in [0, 0.05) is 43.5 Å². The monoisotopic (exact) mass is 487 g/mol. The standard InChI is InChI=1S/C27H33N7O2/c1-16(2)34-25-23(15-31-34)21(26(35)30-14-22-17(3)10-18(4)32-27(22)36)12-24(33-25)20-7-5-6-19(11-20)13-29-9-8-28/h5-7,10-12,15-16,22,29H,8-9,13-14,28H2,1-4H3,(H,30,35). The molecule has 9 nitrogen and oxygen atoms in total. The fourth-order valence-electron chi connectivity index (χ4n) is 4.35. The molecule has 1 aliphatic heterocycles. The molecular weight excluding hydrogens is 454 g/mol. The number of rotatable bonds is 9. The fourth-order valence-corrected chi connectivity index (χ4v) is 4.35.